The van der Waals surface area contributed by atoms with Gasteiger partial charge in [-0.3, -0.25) is 4.79 Å². The molecule has 1 atom stereocenters. The molecule has 0 aromatic heterocycles. The lowest BCUT2D eigenvalue weighted by atomic mass is 10.3. The van der Waals surface area contributed by atoms with Gasteiger partial charge in [0.1, 0.15) is 18.5 Å². The number of nitrogens with one attached hydrogen (secondary N) is 1. The van der Waals surface area contributed by atoms with Gasteiger partial charge in [0.2, 0.25) is 5.91 Å². The summed E-state index contributed by atoms with van der Waals surface area (Å²) in [6.07, 6.45) is -0.670. The third-order valence-electron chi connectivity index (χ3n) is 1.80. The summed E-state index contributed by atoms with van der Waals surface area (Å²) in [7, 11) is 0. The summed E-state index contributed by atoms with van der Waals surface area (Å²) in [5.74, 6) is 0.647. The number of halogens is 1. The lowest BCUT2D eigenvalue weighted by Crippen LogP contribution is -2.18. The Balaban J connectivity index is 2.48. The first-order valence-corrected chi connectivity index (χ1v) is 5.39. The Bertz CT molecular complexity index is 340. The Labute approximate surface area is 99.2 Å². The standard InChI is InChI=1S/C11H14ClNO3/c1-8(14)13-9-2-4-11(5-3-9)16-7-10(15)6-12/h2-5,10,15H,6-7H2,1H3,(H,13,14)/t10-/m1/s1. The maximum Gasteiger partial charge on any atom is 0.221 e. The number of aliphatic hydroxyl groups excluding tert-OH is 1. The summed E-state index contributed by atoms with van der Waals surface area (Å²) in [4.78, 5) is 10.8. The van der Waals surface area contributed by atoms with Gasteiger partial charge in [-0.15, -0.1) is 11.6 Å². The molecule has 4 nitrogen and oxygen atoms in total. The molecule has 0 heterocycles. The van der Waals surface area contributed by atoms with Crippen LogP contribution in [0.15, 0.2) is 24.3 Å². The minimum atomic E-state index is -0.670. The maximum atomic E-state index is 10.8. The number of carbonyl (C=O) groups is 1. The Morgan fingerprint density at radius 2 is 2.12 bits per heavy atom. The van der Waals surface area contributed by atoms with Crippen molar-refractivity contribution in [3.05, 3.63) is 24.3 Å². The van der Waals surface area contributed by atoms with Crippen LogP contribution in [-0.2, 0) is 4.79 Å². The molecule has 0 bridgehead atoms. The van der Waals surface area contributed by atoms with Crippen LogP contribution in [0, 0.1) is 0 Å². The Morgan fingerprint density at radius 1 is 1.50 bits per heavy atom. The van der Waals surface area contributed by atoms with E-state index in [1.165, 1.54) is 6.92 Å². The number of hydrogen-bond acceptors (Lipinski definition) is 3. The van der Waals surface area contributed by atoms with Gasteiger partial charge in [0.15, 0.2) is 0 Å². The van der Waals surface area contributed by atoms with Crippen molar-refractivity contribution in [2.45, 2.75) is 13.0 Å². The van der Waals surface area contributed by atoms with E-state index in [0.29, 0.717) is 11.4 Å². The lowest BCUT2D eigenvalue weighted by Gasteiger charge is -2.10. The summed E-state index contributed by atoms with van der Waals surface area (Å²) < 4.78 is 5.27. The molecule has 1 amide bonds. The number of hydrogen-bond donors (Lipinski definition) is 2. The molecule has 1 rings (SSSR count). The SMILES string of the molecule is CC(=O)Nc1ccc(OC[C@H](O)CCl)cc1. The Morgan fingerprint density at radius 3 is 2.62 bits per heavy atom. The summed E-state index contributed by atoms with van der Waals surface area (Å²) in [5, 5.41) is 11.8. The molecule has 2 N–H and O–H groups in total. The molecule has 0 aliphatic heterocycles. The summed E-state index contributed by atoms with van der Waals surface area (Å²) >= 11 is 5.42. The predicted molar refractivity (Wildman–Crippen MR) is 63.0 cm³/mol. The average Bonchev–Trinajstić information content (AvgIpc) is 2.27. The largest absolute Gasteiger partial charge is 0.491 e. The van der Waals surface area contributed by atoms with Crippen LogP contribution in [-0.4, -0.2) is 29.6 Å². The fraction of sp³-hybridized carbons (Fsp3) is 0.364. The molecule has 0 unspecified atom stereocenters. The number of ether oxygens (including phenoxy) is 1. The molecular weight excluding hydrogens is 230 g/mol. The summed E-state index contributed by atoms with van der Waals surface area (Å²) in [6, 6.07) is 6.88. The van der Waals surface area contributed by atoms with Crippen LogP contribution < -0.4 is 10.1 Å². The van der Waals surface area contributed by atoms with E-state index in [-0.39, 0.29) is 18.4 Å². The van der Waals surface area contributed by atoms with E-state index in [2.05, 4.69) is 5.32 Å². The van der Waals surface area contributed by atoms with Crippen LogP contribution in [0.5, 0.6) is 5.75 Å². The third-order valence-corrected chi connectivity index (χ3v) is 2.15. The summed E-state index contributed by atoms with van der Waals surface area (Å²) in [5.41, 5.74) is 0.706. The molecule has 1 aromatic rings. The zero-order chi connectivity index (χ0) is 12.0. The second-order valence-corrected chi connectivity index (χ2v) is 3.63. The highest BCUT2D eigenvalue weighted by molar-refractivity contribution is 6.18. The van der Waals surface area contributed by atoms with Gasteiger partial charge >= 0.3 is 0 Å². The van der Waals surface area contributed by atoms with Gasteiger partial charge < -0.3 is 15.2 Å². The fourth-order valence-electron chi connectivity index (χ4n) is 1.07. The van der Waals surface area contributed by atoms with Crippen LogP contribution in [0.1, 0.15) is 6.92 Å². The van der Waals surface area contributed by atoms with E-state index in [9.17, 15) is 9.90 Å². The number of carbonyl (C=O) groups excluding carboxylic acids is 1. The van der Waals surface area contributed by atoms with E-state index < -0.39 is 6.10 Å². The molecule has 0 spiro atoms. The highest BCUT2D eigenvalue weighted by atomic mass is 35.5. The molecule has 88 valence electrons. The van der Waals surface area contributed by atoms with E-state index >= 15 is 0 Å². The summed E-state index contributed by atoms with van der Waals surface area (Å²) in [6.45, 7) is 1.60. The first kappa shape index (κ1) is 12.8. The molecule has 0 saturated carbocycles. The van der Waals surface area contributed by atoms with Crippen LogP contribution in [0.25, 0.3) is 0 Å². The van der Waals surface area contributed by atoms with Crippen molar-refractivity contribution in [3.63, 3.8) is 0 Å². The molecule has 0 radical (unpaired) electrons. The van der Waals surface area contributed by atoms with Crippen LogP contribution in [0.2, 0.25) is 0 Å². The van der Waals surface area contributed by atoms with E-state index in [4.69, 9.17) is 16.3 Å². The van der Waals surface area contributed by atoms with Gasteiger partial charge in [-0.1, -0.05) is 0 Å². The van der Waals surface area contributed by atoms with Crippen LogP contribution in [0.3, 0.4) is 0 Å². The Hall–Kier alpha value is -1.26. The smallest absolute Gasteiger partial charge is 0.221 e. The minimum Gasteiger partial charge on any atom is -0.491 e. The molecule has 0 aliphatic rings. The average molecular weight is 244 g/mol. The van der Waals surface area contributed by atoms with Gasteiger partial charge in [0.25, 0.3) is 0 Å². The zero-order valence-electron chi connectivity index (χ0n) is 8.94. The monoisotopic (exact) mass is 243 g/mol. The van der Waals surface area contributed by atoms with Gasteiger partial charge in [-0.05, 0) is 24.3 Å². The zero-order valence-corrected chi connectivity index (χ0v) is 9.70. The second-order valence-electron chi connectivity index (χ2n) is 3.32. The van der Waals surface area contributed by atoms with Gasteiger partial charge in [0.05, 0.1) is 5.88 Å². The van der Waals surface area contributed by atoms with Crippen molar-refractivity contribution in [3.8, 4) is 5.75 Å². The second kappa shape index (κ2) is 6.35. The topological polar surface area (TPSA) is 58.6 Å². The van der Waals surface area contributed by atoms with Crippen LogP contribution >= 0.6 is 11.6 Å². The molecule has 0 aliphatic carbocycles. The molecule has 5 heteroatoms. The molecule has 0 fully saturated rings. The van der Waals surface area contributed by atoms with Crippen molar-refractivity contribution in [2.75, 3.05) is 17.8 Å². The molecule has 0 saturated heterocycles. The molecule has 16 heavy (non-hydrogen) atoms. The van der Waals surface area contributed by atoms with Crippen LogP contribution in [0.4, 0.5) is 5.69 Å². The molecule has 1 aromatic carbocycles. The van der Waals surface area contributed by atoms with Crippen molar-refractivity contribution in [2.24, 2.45) is 0 Å². The lowest BCUT2D eigenvalue weighted by molar-refractivity contribution is -0.114. The van der Waals surface area contributed by atoms with Crippen molar-refractivity contribution < 1.29 is 14.6 Å². The highest BCUT2D eigenvalue weighted by Gasteiger charge is 2.03. The minimum absolute atomic E-state index is 0.119. The van der Waals surface area contributed by atoms with Crippen molar-refractivity contribution >= 4 is 23.2 Å². The van der Waals surface area contributed by atoms with Gasteiger partial charge in [-0.2, -0.15) is 0 Å². The van der Waals surface area contributed by atoms with E-state index in [1.54, 1.807) is 24.3 Å². The predicted octanol–water partition coefficient (Wildman–Crippen LogP) is 1.62. The number of alkyl halides is 1. The maximum absolute atomic E-state index is 10.8. The number of aliphatic hydroxyl groups is 1. The molecular formula is C11H14ClNO3. The third kappa shape index (κ3) is 4.51. The van der Waals surface area contributed by atoms with Gasteiger partial charge in [-0.25, -0.2) is 0 Å². The van der Waals surface area contributed by atoms with Crippen molar-refractivity contribution in [1.82, 2.24) is 0 Å². The number of anilines is 1. The quantitative estimate of drug-likeness (QED) is 0.773. The number of rotatable bonds is 5. The number of benzene rings is 1. The van der Waals surface area contributed by atoms with Gasteiger partial charge in [0, 0.05) is 12.6 Å². The van der Waals surface area contributed by atoms with Crippen molar-refractivity contribution in [1.29, 1.82) is 0 Å². The first-order valence-electron chi connectivity index (χ1n) is 4.86. The van der Waals surface area contributed by atoms with E-state index in [0.717, 1.165) is 0 Å². The first-order chi connectivity index (χ1) is 7.61. The van der Waals surface area contributed by atoms with E-state index in [1.807, 2.05) is 0 Å². The normalized spacial score (nSPS) is 11.9. The Kier molecular flexibility index (Phi) is 5.08. The fourth-order valence-corrected chi connectivity index (χ4v) is 1.16. The number of amides is 1. The highest BCUT2D eigenvalue weighted by Crippen LogP contribution is 2.15.